The molecule has 0 atom stereocenters. The van der Waals surface area contributed by atoms with E-state index in [9.17, 15) is 0 Å². The average molecular weight is 253 g/mol. The summed E-state index contributed by atoms with van der Waals surface area (Å²) in [7, 11) is 0. The number of hydrogen-bond acceptors (Lipinski definition) is 5. The van der Waals surface area contributed by atoms with Crippen molar-refractivity contribution in [3.63, 3.8) is 0 Å². The van der Waals surface area contributed by atoms with E-state index in [-0.39, 0.29) is 0 Å². The lowest BCUT2D eigenvalue weighted by atomic mass is 10.4. The molecule has 5 heteroatoms. The molecular formula is C13H23N3O2. The predicted octanol–water partition coefficient (Wildman–Crippen LogP) is 1.52. The highest BCUT2D eigenvalue weighted by Crippen LogP contribution is 2.02. The minimum atomic E-state index is 0.457. The molecule has 1 aromatic rings. The molecule has 1 fully saturated rings. The highest BCUT2D eigenvalue weighted by molar-refractivity contribution is 5.04. The van der Waals surface area contributed by atoms with Gasteiger partial charge in [0.15, 0.2) is 0 Å². The maximum Gasteiger partial charge on any atom is 0.316 e. The Morgan fingerprint density at radius 2 is 1.83 bits per heavy atom. The Hall–Kier alpha value is -1.20. The molecule has 18 heavy (non-hydrogen) atoms. The summed E-state index contributed by atoms with van der Waals surface area (Å²) in [5, 5.41) is 0. The first-order valence-corrected chi connectivity index (χ1v) is 6.56. The van der Waals surface area contributed by atoms with E-state index in [0.717, 1.165) is 38.4 Å². The minimum Gasteiger partial charge on any atom is -0.462 e. The summed E-state index contributed by atoms with van der Waals surface area (Å²) >= 11 is 0. The zero-order chi connectivity index (χ0) is 13.2. The second-order valence-corrected chi connectivity index (χ2v) is 3.85. The van der Waals surface area contributed by atoms with Crippen molar-refractivity contribution in [1.82, 2.24) is 14.9 Å². The SMILES string of the molecule is CC.Cc1cnc(OCCN2CCOCC2)nc1. The molecule has 102 valence electrons. The first-order chi connectivity index (χ1) is 8.84. The Bertz CT molecular complexity index is 311. The largest absolute Gasteiger partial charge is 0.462 e. The average Bonchev–Trinajstić information content (AvgIpc) is 2.44. The van der Waals surface area contributed by atoms with Crippen LogP contribution in [0.25, 0.3) is 0 Å². The van der Waals surface area contributed by atoms with E-state index in [1.807, 2.05) is 20.8 Å². The molecule has 0 N–H and O–H groups in total. The Morgan fingerprint density at radius 3 is 2.44 bits per heavy atom. The number of ether oxygens (including phenoxy) is 2. The number of rotatable bonds is 4. The highest BCUT2D eigenvalue weighted by atomic mass is 16.5. The summed E-state index contributed by atoms with van der Waals surface area (Å²) in [5.41, 5.74) is 1.04. The number of hydrogen-bond donors (Lipinski definition) is 0. The van der Waals surface area contributed by atoms with Crippen LogP contribution in [-0.4, -0.2) is 54.3 Å². The lowest BCUT2D eigenvalue weighted by Gasteiger charge is -2.26. The standard InChI is InChI=1S/C11H17N3O2.C2H6/c1-10-8-12-11(13-9-10)16-7-4-14-2-5-15-6-3-14;1-2/h8-9H,2-7H2,1H3;1-2H3. The van der Waals surface area contributed by atoms with Crippen LogP contribution in [0.2, 0.25) is 0 Å². The molecule has 1 aliphatic rings. The van der Waals surface area contributed by atoms with Crippen LogP contribution in [0.4, 0.5) is 0 Å². The van der Waals surface area contributed by atoms with Crippen molar-refractivity contribution in [2.45, 2.75) is 20.8 Å². The molecule has 1 saturated heterocycles. The summed E-state index contributed by atoms with van der Waals surface area (Å²) in [6.07, 6.45) is 3.52. The molecule has 5 nitrogen and oxygen atoms in total. The van der Waals surface area contributed by atoms with Crippen molar-refractivity contribution in [1.29, 1.82) is 0 Å². The summed E-state index contributed by atoms with van der Waals surface area (Å²) in [4.78, 5) is 10.5. The molecule has 1 aliphatic heterocycles. The summed E-state index contributed by atoms with van der Waals surface area (Å²) in [6.45, 7) is 11.1. The van der Waals surface area contributed by atoms with Crippen molar-refractivity contribution < 1.29 is 9.47 Å². The zero-order valence-corrected chi connectivity index (χ0v) is 11.6. The Balaban J connectivity index is 0.000000771. The third kappa shape index (κ3) is 5.42. The Labute approximate surface area is 109 Å². The molecule has 0 aliphatic carbocycles. The van der Waals surface area contributed by atoms with Gasteiger partial charge in [0.2, 0.25) is 0 Å². The molecule has 0 bridgehead atoms. The van der Waals surface area contributed by atoms with Crippen LogP contribution in [-0.2, 0) is 4.74 Å². The fourth-order valence-corrected chi connectivity index (χ4v) is 1.55. The van der Waals surface area contributed by atoms with Crippen molar-refractivity contribution in [2.24, 2.45) is 0 Å². The van der Waals surface area contributed by atoms with Crippen molar-refractivity contribution >= 4 is 0 Å². The van der Waals surface area contributed by atoms with Gasteiger partial charge in [0.1, 0.15) is 6.61 Å². The predicted molar refractivity (Wildman–Crippen MR) is 70.9 cm³/mol. The minimum absolute atomic E-state index is 0.457. The molecule has 0 aromatic carbocycles. The van der Waals surface area contributed by atoms with Crippen LogP contribution in [0.1, 0.15) is 19.4 Å². The van der Waals surface area contributed by atoms with Gasteiger partial charge in [-0.25, -0.2) is 9.97 Å². The first kappa shape index (κ1) is 14.9. The molecule has 0 spiro atoms. The molecule has 1 aromatic heterocycles. The van der Waals surface area contributed by atoms with E-state index in [2.05, 4.69) is 14.9 Å². The van der Waals surface area contributed by atoms with Gasteiger partial charge >= 0.3 is 6.01 Å². The molecule has 2 rings (SSSR count). The van der Waals surface area contributed by atoms with E-state index in [0.29, 0.717) is 12.6 Å². The van der Waals surface area contributed by atoms with Crippen molar-refractivity contribution in [2.75, 3.05) is 39.5 Å². The van der Waals surface area contributed by atoms with Gasteiger partial charge in [0, 0.05) is 32.0 Å². The number of nitrogens with zero attached hydrogens (tertiary/aromatic N) is 3. The Morgan fingerprint density at radius 1 is 1.22 bits per heavy atom. The van der Waals surface area contributed by atoms with Crippen LogP contribution in [0.3, 0.4) is 0 Å². The van der Waals surface area contributed by atoms with E-state index >= 15 is 0 Å². The summed E-state index contributed by atoms with van der Waals surface area (Å²) in [6, 6.07) is 0.457. The van der Waals surface area contributed by atoms with Gasteiger partial charge in [0.25, 0.3) is 0 Å². The summed E-state index contributed by atoms with van der Waals surface area (Å²) < 4.78 is 10.7. The molecule has 0 amide bonds. The van der Waals surface area contributed by atoms with E-state index < -0.39 is 0 Å². The molecular weight excluding hydrogens is 230 g/mol. The second-order valence-electron chi connectivity index (χ2n) is 3.85. The van der Waals surface area contributed by atoms with Gasteiger partial charge < -0.3 is 9.47 Å². The van der Waals surface area contributed by atoms with Crippen LogP contribution < -0.4 is 4.74 Å². The molecule has 0 unspecified atom stereocenters. The van der Waals surface area contributed by atoms with Crippen LogP contribution in [0.5, 0.6) is 6.01 Å². The summed E-state index contributed by atoms with van der Waals surface area (Å²) in [5.74, 6) is 0. The smallest absolute Gasteiger partial charge is 0.316 e. The van der Waals surface area contributed by atoms with Gasteiger partial charge in [-0.3, -0.25) is 4.90 Å². The normalized spacial score (nSPS) is 15.7. The van der Waals surface area contributed by atoms with Crippen molar-refractivity contribution in [3.8, 4) is 6.01 Å². The topological polar surface area (TPSA) is 47.5 Å². The van der Waals surface area contributed by atoms with Crippen LogP contribution in [0, 0.1) is 6.92 Å². The maximum absolute atomic E-state index is 5.46. The van der Waals surface area contributed by atoms with Gasteiger partial charge in [-0.05, 0) is 12.5 Å². The van der Waals surface area contributed by atoms with Gasteiger partial charge in [-0.15, -0.1) is 0 Å². The lowest BCUT2D eigenvalue weighted by Crippen LogP contribution is -2.38. The van der Waals surface area contributed by atoms with E-state index in [1.165, 1.54) is 0 Å². The quantitative estimate of drug-likeness (QED) is 0.814. The van der Waals surface area contributed by atoms with E-state index in [1.54, 1.807) is 12.4 Å². The first-order valence-electron chi connectivity index (χ1n) is 6.56. The third-order valence-corrected chi connectivity index (χ3v) is 2.50. The molecule has 0 radical (unpaired) electrons. The van der Waals surface area contributed by atoms with Crippen LogP contribution in [0.15, 0.2) is 12.4 Å². The van der Waals surface area contributed by atoms with E-state index in [4.69, 9.17) is 9.47 Å². The fourth-order valence-electron chi connectivity index (χ4n) is 1.55. The number of aromatic nitrogens is 2. The number of aryl methyl sites for hydroxylation is 1. The van der Waals surface area contributed by atoms with Gasteiger partial charge in [-0.1, -0.05) is 13.8 Å². The number of morpholine rings is 1. The third-order valence-electron chi connectivity index (χ3n) is 2.50. The second kappa shape index (κ2) is 8.83. The highest BCUT2D eigenvalue weighted by Gasteiger charge is 2.09. The van der Waals surface area contributed by atoms with Crippen LogP contribution >= 0.6 is 0 Å². The van der Waals surface area contributed by atoms with Gasteiger partial charge in [0.05, 0.1) is 13.2 Å². The molecule has 0 saturated carbocycles. The zero-order valence-electron chi connectivity index (χ0n) is 11.6. The van der Waals surface area contributed by atoms with Gasteiger partial charge in [-0.2, -0.15) is 0 Å². The monoisotopic (exact) mass is 253 g/mol. The lowest BCUT2D eigenvalue weighted by molar-refractivity contribution is 0.0317. The maximum atomic E-state index is 5.46. The fraction of sp³-hybridized carbons (Fsp3) is 0.692. The molecule has 2 heterocycles. The Kier molecular flexibility index (Phi) is 7.29. The van der Waals surface area contributed by atoms with Crippen molar-refractivity contribution in [3.05, 3.63) is 18.0 Å².